The van der Waals surface area contributed by atoms with Crippen molar-refractivity contribution < 1.29 is 23.8 Å². The molecule has 4 rings (SSSR count). The minimum absolute atomic E-state index is 0.0544. The third kappa shape index (κ3) is 6.72. The lowest BCUT2D eigenvalue weighted by atomic mass is 10.0. The Hall–Kier alpha value is -4.09. The van der Waals surface area contributed by atoms with Crippen molar-refractivity contribution in [3.63, 3.8) is 0 Å². The molecule has 2 heterocycles. The van der Waals surface area contributed by atoms with Gasteiger partial charge >= 0.3 is 5.97 Å². The number of hydrogen-bond acceptors (Lipinski definition) is 9. The summed E-state index contributed by atoms with van der Waals surface area (Å²) in [4.78, 5) is 25.6. The molecular formula is C29H30N4O5S2. The number of rotatable bonds is 12. The van der Waals surface area contributed by atoms with Gasteiger partial charge in [0.25, 0.3) is 0 Å². The lowest BCUT2D eigenvalue weighted by Gasteiger charge is -2.16. The van der Waals surface area contributed by atoms with E-state index in [-0.39, 0.29) is 17.8 Å². The Morgan fingerprint density at radius 3 is 2.45 bits per heavy atom. The number of esters is 1. The highest BCUT2D eigenvalue weighted by molar-refractivity contribution is 7.99. The maximum Gasteiger partial charge on any atom is 0.341 e. The standard InChI is InChI=1S/C29H30N4O5S2/c1-6-15-33-26(19(3)38-22-11-7-18(2)8-12-22)31-32-29(33)40-17-24(34)30-27-25(28(35)37-5)23(16-39-27)20-9-13-21(36-4)14-10-20/h6-14,16,19H,1,15,17H2,2-5H3,(H,30,34). The van der Waals surface area contributed by atoms with E-state index in [9.17, 15) is 9.59 Å². The fourth-order valence-corrected chi connectivity index (χ4v) is 5.64. The highest BCUT2D eigenvalue weighted by Gasteiger charge is 2.24. The van der Waals surface area contributed by atoms with Gasteiger partial charge in [-0.15, -0.1) is 28.1 Å². The number of nitrogens with one attached hydrogen (secondary N) is 1. The van der Waals surface area contributed by atoms with Crippen LogP contribution in [0.2, 0.25) is 0 Å². The molecule has 0 spiro atoms. The Labute approximate surface area is 241 Å². The minimum atomic E-state index is -0.534. The first-order chi connectivity index (χ1) is 19.3. The number of allylic oxidation sites excluding steroid dienone is 1. The molecule has 4 aromatic rings. The first-order valence-corrected chi connectivity index (χ1v) is 14.2. The van der Waals surface area contributed by atoms with E-state index in [1.807, 2.05) is 72.3 Å². The Balaban J connectivity index is 1.47. The van der Waals surface area contributed by atoms with Crippen molar-refractivity contribution in [3.05, 3.63) is 83.5 Å². The highest BCUT2D eigenvalue weighted by Crippen LogP contribution is 2.37. The van der Waals surface area contributed by atoms with Gasteiger partial charge < -0.3 is 19.5 Å². The van der Waals surface area contributed by atoms with E-state index in [1.165, 1.54) is 30.2 Å². The molecule has 0 radical (unpaired) electrons. The van der Waals surface area contributed by atoms with Gasteiger partial charge in [0.05, 0.1) is 20.0 Å². The largest absolute Gasteiger partial charge is 0.497 e. The van der Waals surface area contributed by atoms with Crippen LogP contribution in [0.1, 0.15) is 34.8 Å². The maximum atomic E-state index is 13.0. The number of methoxy groups -OCH3 is 2. The summed E-state index contributed by atoms with van der Waals surface area (Å²) in [6.07, 6.45) is 1.37. The zero-order chi connectivity index (χ0) is 28.6. The molecule has 1 N–H and O–H groups in total. The molecule has 208 valence electrons. The third-order valence-electron chi connectivity index (χ3n) is 5.92. The molecule has 11 heteroatoms. The minimum Gasteiger partial charge on any atom is -0.497 e. The van der Waals surface area contributed by atoms with Crippen molar-refractivity contribution in [2.45, 2.75) is 31.7 Å². The van der Waals surface area contributed by atoms with Crippen molar-refractivity contribution in [3.8, 4) is 22.6 Å². The third-order valence-corrected chi connectivity index (χ3v) is 7.78. The van der Waals surface area contributed by atoms with Crippen molar-refractivity contribution in [1.82, 2.24) is 14.8 Å². The van der Waals surface area contributed by atoms with Crippen LogP contribution in [0.5, 0.6) is 11.5 Å². The van der Waals surface area contributed by atoms with Crippen LogP contribution in [0.25, 0.3) is 11.1 Å². The van der Waals surface area contributed by atoms with E-state index in [0.29, 0.717) is 39.4 Å². The number of thiophene rings is 1. The van der Waals surface area contributed by atoms with Gasteiger partial charge in [-0.25, -0.2) is 4.79 Å². The van der Waals surface area contributed by atoms with Gasteiger partial charge in [-0.2, -0.15) is 0 Å². The Morgan fingerprint density at radius 2 is 1.80 bits per heavy atom. The molecule has 9 nitrogen and oxygen atoms in total. The van der Waals surface area contributed by atoms with Gasteiger partial charge in [-0.1, -0.05) is 47.7 Å². The van der Waals surface area contributed by atoms with Gasteiger partial charge in [0.15, 0.2) is 17.1 Å². The molecule has 40 heavy (non-hydrogen) atoms. The molecule has 0 fully saturated rings. The Morgan fingerprint density at radius 1 is 1.10 bits per heavy atom. The SMILES string of the molecule is C=CCn1c(SCC(=O)Nc2scc(-c3ccc(OC)cc3)c2C(=O)OC)nnc1C(C)Oc1ccc(C)cc1. The van der Waals surface area contributed by atoms with Gasteiger partial charge in [-0.3, -0.25) is 9.36 Å². The Bertz CT molecular complexity index is 1480. The summed E-state index contributed by atoms with van der Waals surface area (Å²) in [6, 6.07) is 15.1. The van der Waals surface area contributed by atoms with Gasteiger partial charge in [0.2, 0.25) is 5.91 Å². The predicted octanol–water partition coefficient (Wildman–Crippen LogP) is 6.17. The zero-order valence-electron chi connectivity index (χ0n) is 22.7. The fraction of sp³-hybridized carbons (Fsp3) is 0.241. The topological polar surface area (TPSA) is 105 Å². The number of aromatic nitrogens is 3. The van der Waals surface area contributed by atoms with Crippen LogP contribution in [0.15, 0.2) is 71.7 Å². The molecule has 0 saturated heterocycles. The summed E-state index contributed by atoms with van der Waals surface area (Å²) >= 11 is 2.50. The lowest BCUT2D eigenvalue weighted by Crippen LogP contribution is -2.17. The lowest BCUT2D eigenvalue weighted by molar-refractivity contribution is -0.113. The van der Waals surface area contributed by atoms with Gasteiger partial charge in [0, 0.05) is 17.5 Å². The highest BCUT2D eigenvalue weighted by atomic mass is 32.2. The fourth-order valence-electron chi connectivity index (χ4n) is 3.91. The first-order valence-electron chi connectivity index (χ1n) is 12.4. The van der Waals surface area contributed by atoms with Crippen molar-refractivity contribution in [2.75, 3.05) is 25.3 Å². The molecule has 0 aliphatic heterocycles. The van der Waals surface area contributed by atoms with E-state index >= 15 is 0 Å². The number of thioether (sulfide) groups is 1. The molecule has 0 aliphatic carbocycles. The number of benzene rings is 2. The summed E-state index contributed by atoms with van der Waals surface area (Å²) in [5.74, 6) is 1.28. The van der Waals surface area contributed by atoms with Crippen molar-refractivity contribution >= 4 is 40.0 Å². The second-order valence-corrected chi connectivity index (χ2v) is 10.5. The predicted molar refractivity (Wildman–Crippen MR) is 157 cm³/mol. The van der Waals surface area contributed by atoms with Crippen LogP contribution in [-0.2, 0) is 16.1 Å². The maximum absolute atomic E-state index is 13.0. The molecular weight excluding hydrogens is 548 g/mol. The number of ether oxygens (including phenoxy) is 3. The molecule has 1 amide bonds. The quantitative estimate of drug-likeness (QED) is 0.121. The zero-order valence-corrected chi connectivity index (χ0v) is 24.3. The van der Waals surface area contributed by atoms with Crippen LogP contribution < -0.4 is 14.8 Å². The molecule has 2 aromatic carbocycles. The molecule has 2 aromatic heterocycles. The summed E-state index contributed by atoms with van der Waals surface area (Å²) < 4.78 is 18.2. The average molecular weight is 579 g/mol. The molecule has 0 aliphatic rings. The molecule has 0 saturated carbocycles. The van der Waals surface area contributed by atoms with Crippen LogP contribution >= 0.6 is 23.1 Å². The van der Waals surface area contributed by atoms with Crippen LogP contribution in [-0.4, -0.2) is 46.6 Å². The monoisotopic (exact) mass is 578 g/mol. The number of anilines is 1. The van der Waals surface area contributed by atoms with Crippen molar-refractivity contribution in [1.29, 1.82) is 0 Å². The van der Waals surface area contributed by atoms with Crippen molar-refractivity contribution in [2.24, 2.45) is 0 Å². The second kappa shape index (κ2) is 13.3. The summed E-state index contributed by atoms with van der Waals surface area (Å²) in [7, 11) is 2.90. The summed E-state index contributed by atoms with van der Waals surface area (Å²) in [5.41, 5.74) is 2.92. The van der Waals surface area contributed by atoms with E-state index in [2.05, 4.69) is 22.1 Å². The first kappa shape index (κ1) is 28.9. The summed E-state index contributed by atoms with van der Waals surface area (Å²) in [6.45, 7) is 8.21. The van der Waals surface area contributed by atoms with E-state index in [4.69, 9.17) is 14.2 Å². The molecule has 1 unspecified atom stereocenters. The van der Waals surface area contributed by atoms with Gasteiger partial charge in [0.1, 0.15) is 22.1 Å². The number of amides is 1. The van der Waals surface area contributed by atoms with E-state index in [1.54, 1.807) is 13.2 Å². The van der Waals surface area contributed by atoms with Gasteiger partial charge in [-0.05, 0) is 43.7 Å². The smallest absolute Gasteiger partial charge is 0.341 e. The number of nitrogens with zero attached hydrogens (tertiary/aromatic N) is 3. The Kier molecular flexibility index (Phi) is 9.62. The average Bonchev–Trinajstić information content (AvgIpc) is 3.57. The normalized spacial score (nSPS) is 11.5. The number of carbonyl (C=O) groups excluding carboxylic acids is 2. The summed E-state index contributed by atoms with van der Waals surface area (Å²) in [5, 5.41) is 14.3. The van der Waals surface area contributed by atoms with Crippen LogP contribution in [0.4, 0.5) is 5.00 Å². The number of carbonyl (C=O) groups is 2. The van der Waals surface area contributed by atoms with E-state index < -0.39 is 5.97 Å². The number of hydrogen-bond donors (Lipinski definition) is 1. The number of aryl methyl sites for hydroxylation is 1. The van der Waals surface area contributed by atoms with Crippen LogP contribution in [0, 0.1) is 6.92 Å². The van der Waals surface area contributed by atoms with E-state index in [0.717, 1.165) is 16.9 Å². The second-order valence-electron chi connectivity index (χ2n) is 8.72. The molecule has 1 atom stereocenters. The molecule has 0 bridgehead atoms. The van der Waals surface area contributed by atoms with Crippen LogP contribution in [0.3, 0.4) is 0 Å².